The zero-order valence-corrected chi connectivity index (χ0v) is 16.5. The van der Waals surface area contributed by atoms with E-state index < -0.39 is 14.6 Å². The van der Waals surface area contributed by atoms with E-state index in [0.29, 0.717) is 17.9 Å². The second-order valence-electron chi connectivity index (χ2n) is 7.86. The fraction of sp³-hybridized carbons (Fsp3) is 0.455. The smallest absolute Gasteiger partial charge is 0.188 e. The highest BCUT2D eigenvalue weighted by atomic mass is 32.2. The number of sulfone groups is 1. The number of aryl methyl sites for hydroxylation is 3. The third-order valence-corrected chi connectivity index (χ3v) is 8.83. The molecule has 0 bridgehead atoms. The molecule has 1 heterocycles. The summed E-state index contributed by atoms with van der Waals surface area (Å²) >= 11 is 0. The first-order valence-corrected chi connectivity index (χ1v) is 10.9. The second kappa shape index (κ2) is 6.12. The van der Waals surface area contributed by atoms with Crippen molar-refractivity contribution in [1.29, 1.82) is 0 Å². The van der Waals surface area contributed by atoms with Crippen molar-refractivity contribution in [2.45, 2.75) is 56.1 Å². The molecule has 0 aromatic heterocycles. The maximum atomic E-state index is 14.0. The van der Waals surface area contributed by atoms with Gasteiger partial charge < -0.3 is 4.74 Å². The van der Waals surface area contributed by atoms with Gasteiger partial charge in [-0.15, -0.1) is 0 Å². The molecule has 0 N–H and O–H groups in total. The number of benzene rings is 2. The molecule has 1 fully saturated rings. The summed E-state index contributed by atoms with van der Waals surface area (Å²) < 4.78 is 33.3. The summed E-state index contributed by atoms with van der Waals surface area (Å²) in [6.07, 6.45) is 3.58. The summed E-state index contributed by atoms with van der Waals surface area (Å²) in [5.41, 5.74) is 4.02. The third-order valence-electron chi connectivity index (χ3n) is 6.24. The Hall–Kier alpha value is -1.81. The third kappa shape index (κ3) is 2.34. The average Bonchev–Trinajstić information content (AvgIpc) is 2.64. The highest BCUT2D eigenvalue weighted by Gasteiger charge is 2.57. The molecule has 0 saturated heterocycles. The van der Waals surface area contributed by atoms with Gasteiger partial charge in [0, 0.05) is 11.5 Å². The Balaban J connectivity index is 2.02. The Kier molecular flexibility index (Phi) is 4.14. The van der Waals surface area contributed by atoms with E-state index in [-0.39, 0.29) is 5.92 Å². The van der Waals surface area contributed by atoms with Crippen LogP contribution in [0.1, 0.15) is 47.9 Å². The van der Waals surface area contributed by atoms with Gasteiger partial charge in [0.05, 0.1) is 11.5 Å². The minimum absolute atomic E-state index is 0.00977. The number of ether oxygens (including phenoxy) is 1. The summed E-state index contributed by atoms with van der Waals surface area (Å²) in [6.45, 7) is 6.50. The van der Waals surface area contributed by atoms with Crippen molar-refractivity contribution in [3.8, 4) is 5.75 Å². The molecular formula is C22H26O3S. The van der Waals surface area contributed by atoms with Gasteiger partial charge in [-0.05, 0) is 56.9 Å². The lowest BCUT2D eigenvalue weighted by Crippen LogP contribution is -2.50. The van der Waals surface area contributed by atoms with Crippen LogP contribution >= 0.6 is 0 Å². The lowest BCUT2D eigenvalue weighted by molar-refractivity contribution is 0.132. The predicted octanol–water partition coefficient (Wildman–Crippen LogP) is 4.86. The molecule has 1 aliphatic heterocycles. The van der Waals surface area contributed by atoms with Crippen molar-refractivity contribution < 1.29 is 13.2 Å². The highest BCUT2D eigenvalue weighted by Crippen LogP contribution is 2.56. The zero-order chi connectivity index (χ0) is 18.5. The van der Waals surface area contributed by atoms with Crippen LogP contribution in [0.15, 0.2) is 41.3 Å². The number of hydrogen-bond donors (Lipinski definition) is 0. The number of rotatable bonds is 2. The first-order valence-electron chi connectivity index (χ1n) is 9.43. The van der Waals surface area contributed by atoms with Crippen LogP contribution in [0.5, 0.6) is 5.75 Å². The molecule has 0 radical (unpaired) electrons. The molecule has 0 unspecified atom stereocenters. The molecule has 138 valence electrons. The van der Waals surface area contributed by atoms with Gasteiger partial charge in [0.15, 0.2) is 9.84 Å². The Morgan fingerprint density at radius 1 is 0.962 bits per heavy atom. The van der Waals surface area contributed by atoms with Gasteiger partial charge in [-0.25, -0.2) is 8.42 Å². The molecule has 2 atom stereocenters. The van der Waals surface area contributed by atoms with Gasteiger partial charge in [-0.2, -0.15) is 0 Å². The first kappa shape index (κ1) is 17.6. The second-order valence-corrected chi connectivity index (χ2v) is 10.1. The van der Waals surface area contributed by atoms with Gasteiger partial charge in [-0.1, -0.05) is 42.7 Å². The Morgan fingerprint density at radius 3 is 2.38 bits per heavy atom. The molecule has 4 heteroatoms. The van der Waals surface area contributed by atoms with Gasteiger partial charge in [-0.3, -0.25) is 0 Å². The molecular weight excluding hydrogens is 344 g/mol. The molecule has 26 heavy (non-hydrogen) atoms. The standard InChI is InChI=1S/C22H26O3S/c1-15-7-11-19(12-8-15)26(23,24)22-13-5-4-6-18(22)14-25-21-17(3)10-9-16(2)20(21)22/h7-12,18H,4-6,13-14H2,1-3H3/t18-,22+/m1/s1. The van der Waals surface area contributed by atoms with Crippen LogP contribution in [0.2, 0.25) is 0 Å². The summed E-state index contributed by atoms with van der Waals surface area (Å²) in [5, 5.41) is 0. The maximum Gasteiger partial charge on any atom is 0.188 e. The van der Waals surface area contributed by atoms with Crippen molar-refractivity contribution >= 4 is 9.84 Å². The van der Waals surface area contributed by atoms with E-state index in [9.17, 15) is 8.42 Å². The van der Waals surface area contributed by atoms with Gasteiger partial charge in [0.1, 0.15) is 10.5 Å². The quantitative estimate of drug-likeness (QED) is 0.758. The Labute approximate surface area is 156 Å². The van der Waals surface area contributed by atoms with E-state index in [0.717, 1.165) is 47.3 Å². The van der Waals surface area contributed by atoms with Crippen LogP contribution in [0.3, 0.4) is 0 Å². The molecule has 1 aliphatic carbocycles. The van der Waals surface area contributed by atoms with Gasteiger partial charge in [0.2, 0.25) is 0 Å². The molecule has 0 spiro atoms. The van der Waals surface area contributed by atoms with E-state index in [4.69, 9.17) is 4.74 Å². The Morgan fingerprint density at radius 2 is 1.65 bits per heavy atom. The van der Waals surface area contributed by atoms with Crippen molar-refractivity contribution in [3.63, 3.8) is 0 Å². The number of hydrogen-bond acceptors (Lipinski definition) is 3. The summed E-state index contributed by atoms with van der Waals surface area (Å²) in [4.78, 5) is 0.434. The topological polar surface area (TPSA) is 43.4 Å². The predicted molar refractivity (Wildman–Crippen MR) is 103 cm³/mol. The fourth-order valence-corrected chi connectivity index (χ4v) is 7.33. The van der Waals surface area contributed by atoms with Gasteiger partial charge in [0.25, 0.3) is 0 Å². The van der Waals surface area contributed by atoms with E-state index in [1.54, 1.807) is 12.1 Å². The van der Waals surface area contributed by atoms with E-state index in [2.05, 4.69) is 0 Å². The molecule has 2 aromatic rings. The van der Waals surface area contributed by atoms with Crippen LogP contribution in [-0.4, -0.2) is 15.0 Å². The van der Waals surface area contributed by atoms with Crippen LogP contribution in [-0.2, 0) is 14.6 Å². The number of fused-ring (bicyclic) bond motifs is 3. The molecule has 4 rings (SSSR count). The van der Waals surface area contributed by atoms with E-state index in [1.165, 1.54) is 0 Å². The summed E-state index contributed by atoms with van der Waals surface area (Å²) in [6, 6.07) is 11.4. The average molecular weight is 371 g/mol. The molecule has 1 saturated carbocycles. The SMILES string of the molecule is Cc1ccc(S(=O)(=O)[C@@]23CCCC[C@@H]2COc2c(C)ccc(C)c23)cc1. The molecule has 2 aliphatic rings. The lowest BCUT2D eigenvalue weighted by atomic mass is 9.71. The zero-order valence-electron chi connectivity index (χ0n) is 15.7. The maximum absolute atomic E-state index is 14.0. The minimum atomic E-state index is -3.53. The van der Waals surface area contributed by atoms with Crippen molar-refractivity contribution in [1.82, 2.24) is 0 Å². The Bertz CT molecular complexity index is 944. The molecule has 0 amide bonds. The summed E-state index contributed by atoms with van der Waals surface area (Å²) in [5.74, 6) is 0.800. The highest BCUT2D eigenvalue weighted by molar-refractivity contribution is 7.92. The summed E-state index contributed by atoms with van der Waals surface area (Å²) in [7, 11) is -3.53. The molecule has 2 aromatic carbocycles. The first-order chi connectivity index (χ1) is 12.4. The fourth-order valence-electron chi connectivity index (χ4n) is 4.86. The van der Waals surface area contributed by atoms with E-state index in [1.807, 2.05) is 45.0 Å². The van der Waals surface area contributed by atoms with Crippen LogP contribution < -0.4 is 4.74 Å². The van der Waals surface area contributed by atoms with E-state index >= 15 is 0 Å². The van der Waals surface area contributed by atoms with Crippen molar-refractivity contribution in [3.05, 3.63) is 58.7 Å². The normalized spacial score (nSPS) is 25.1. The van der Waals surface area contributed by atoms with Crippen LogP contribution in [0.4, 0.5) is 0 Å². The van der Waals surface area contributed by atoms with Gasteiger partial charge >= 0.3 is 0 Å². The van der Waals surface area contributed by atoms with Crippen LogP contribution in [0.25, 0.3) is 0 Å². The van der Waals surface area contributed by atoms with Crippen molar-refractivity contribution in [2.75, 3.05) is 6.61 Å². The van der Waals surface area contributed by atoms with Crippen molar-refractivity contribution in [2.24, 2.45) is 5.92 Å². The minimum Gasteiger partial charge on any atom is -0.493 e. The largest absolute Gasteiger partial charge is 0.493 e. The molecule has 3 nitrogen and oxygen atoms in total. The lowest BCUT2D eigenvalue weighted by Gasteiger charge is -2.48. The monoisotopic (exact) mass is 370 g/mol. The van der Waals surface area contributed by atoms with Crippen LogP contribution in [0, 0.1) is 26.7 Å².